The maximum atomic E-state index is 13.1. The predicted octanol–water partition coefficient (Wildman–Crippen LogP) is 5.40. The standard InChI is InChI=1S/C26H28N2O4S/c1-19-16-20(2)18-28(17-19)33(30,31)23-14-12-21(13-15-23)26(29)27-24-10-6-7-11-25(24)32-22-8-4-3-5-9-22/h3-15,19-20H,16-18H2,1-2H3,(H,27,29)/t19-,20-/m1/s1. The van der Waals surface area contributed by atoms with Gasteiger partial charge in [0.25, 0.3) is 5.91 Å². The Kier molecular flexibility index (Phi) is 6.81. The van der Waals surface area contributed by atoms with Gasteiger partial charge in [-0.05, 0) is 66.8 Å². The van der Waals surface area contributed by atoms with E-state index in [0.29, 0.717) is 47.7 Å². The van der Waals surface area contributed by atoms with E-state index < -0.39 is 10.0 Å². The van der Waals surface area contributed by atoms with Gasteiger partial charge in [0.1, 0.15) is 5.75 Å². The fourth-order valence-electron chi connectivity index (χ4n) is 4.20. The predicted molar refractivity (Wildman–Crippen MR) is 129 cm³/mol. The van der Waals surface area contributed by atoms with Gasteiger partial charge in [0.05, 0.1) is 10.6 Å². The lowest BCUT2D eigenvalue weighted by atomic mass is 9.94. The van der Waals surface area contributed by atoms with Crippen molar-refractivity contribution in [2.24, 2.45) is 11.8 Å². The van der Waals surface area contributed by atoms with E-state index in [2.05, 4.69) is 19.2 Å². The number of carbonyl (C=O) groups excluding carboxylic acids is 1. The largest absolute Gasteiger partial charge is 0.455 e. The Balaban J connectivity index is 1.48. The quantitative estimate of drug-likeness (QED) is 0.530. The second kappa shape index (κ2) is 9.77. The molecule has 0 spiro atoms. The summed E-state index contributed by atoms with van der Waals surface area (Å²) in [6.45, 7) is 5.19. The summed E-state index contributed by atoms with van der Waals surface area (Å²) in [5.41, 5.74) is 0.892. The summed E-state index contributed by atoms with van der Waals surface area (Å²) in [6.07, 6.45) is 1.03. The van der Waals surface area contributed by atoms with Gasteiger partial charge in [-0.15, -0.1) is 0 Å². The van der Waals surface area contributed by atoms with E-state index in [1.165, 1.54) is 12.1 Å². The number of carbonyl (C=O) groups is 1. The van der Waals surface area contributed by atoms with Gasteiger partial charge in [0, 0.05) is 18.7 Å². The third-order valence-corrected chi connectivity index (χ3v) is 7.54. The first-order valence-corrected chi connectivity index (χ1v) is 12.5. The molecule has 1 N–H and O–H groups in total. The van der Waals surface area contributed by atoms with E-state index in [1.807, 2.05) is 42.5 Å². The summed E-state index contributed by atoms with van der Waals surface area (Å²) in [6, 6.07) is 22.6. The van der Waals surface area contributed by atoms with Gasteiger partial charge in [-0.1, -0.05) is 44.2 Å². The van der Waals surface area contributed by atoms with Crippen molar-refractivity contribution in [2.75, 3.05) is 18.4 Å². The van der Waals surface area contributed by atoms with Gasteiger partial charge in [-0.2, -0.15) is 4.31 Å². The zero-order valence-corrected chi connectivity index (χ0v) is 19.6. The minimum atomic E-state index is -3.59. The van der Waals surface area contributed by atoms with Crippen LogP contribution >= 0.6 is 0 Å². The number of nitrogens with one attached hydrogen (secondary N) is 1. The van der Waals surface area contributed by atoms with Crippen LogP contribution < -0.4 is 10.1 Å². The third kappa shape index (κ3) is 5.43. The Morgan fingerprint density at radius 2 is 1.48 bits per heavy atom. The Bertz CT molecular complexity index is 1200. The van der Waals surface area contributed by atoms with E-state index in [9.17, 15) is 13.2 Å². The van der Waals surface area contributed by atoms with Crippen molar-refractivity contribution in [3.8, 4) is 11.5 Å². The molecule has 1 amide bonds. The zero-order valence-electron chi connectivity index (χ0n) is 18.8. The highest BCUT2D eigenvalue weighted by Crippen LogP contribution is 2.30. The van der Waals surface area contributed by atoms with Crippen molar-refractivity contribution in [1.82, 2.24) is 4.31 Å². The van der Waals surface area contributed by atoms with Crippen molar-refractivity contribution in [3.05, 3.63) is 84.4 Å². The molecular formula is C26H28N2O4S. The Morgan fingerprint density at radius 1 is 0.879 bits per heavy atom. The lowest BCUT2D eigenvalue weighted by Gasteiger charge is -2.34. The lowest BCUT2D eigenvalue weighted by Crippen LogP contribution is -2.42. The molecule has 33 heavy (non-hydrogen) atoms. The number of rotatable bonds is 6. The van der Waals surface area contributed by atoms with Gasteiger partial charge in [-0.3, -0.25) is 4.79 Å². The van der Waals surface area contributed by atoms with Crippen LogP contribution in [-0.2, 0) is 10.0 Å². The molecule has 1 saturated heterocycles. The van der Waals surface area contributed by atoms with Gasteiger partial charge in [0.15, 0.2) is 5.75 Å². The second-order valence-corrected chi connectivity index (χ2v) is 10.6. The maximum Gasteiger partial charge on any atom is 0.255 e. The van der Waals surface area contributed by atoms with Gasteiger partial charge in [0.2, 0.25) is 10.0 Å². The number of sulfonamides is 1. The molecule has 0 unspecified atom stereocenters. The molecule has 3 aromatic carbocycles. The number of amides is 1. The molecule has 7 heteroatoms. The summed E-state index contributed by atoms with van der Waals surface area (Å²) < 4.78 is 33.6. The lowest BCUT2D eigenvalue weighted by molar-refractivity contribution is 0.102. The zero-order chi connectivity index (χ0) is 23.4. The Hall–Kier alpha value is -3.16. The van der Waals surface area contributed by atoms with E-state index in [4.69, 9.17) is 4.74 Å². The third-order valence-electron chi connectivity index (χ3n) is 5.70. The number of ether oxygens (including phenoxy) is 1. The van der Waals surface area contributed by atoms with Crippen LogP contribution in [0.2, 0.25) is 0 Å². The molecule has 0 aliphatic carbocycles. The second-order valence-electron chi connectivity index (χ2n) is 8.66. The van der Waals surface area contributed by atoms with Gasteiger partial charge >= 0.3 is 0 Å². The monoisotopic (exact) mass is 464 g/mol. The van der Waals surface area contributed by atoms with Crippen LogP contribution in [0, 0.1) is 11.8 Å². The fraction of sp³-hybridized carbons (Fsp3) is 0.269. The minimum absolute atomic E-state index is 0.202. The molecule has 1 heterocycles. The minimum Gasteiger partial charge on any atom is -0.455 e. The number of piperidine rings is 1. The number of anilines is 1. The number of para-hydroxylation sites is 3. The number of hydrogen-bond acceptors (Lipinski definition) is 4. The van der Waals surface area contributed by atoms with Crippen LogP contribution in [0.4, 0.5) is 5.69 Å². The normalized spacial score (nSPS) is 19.1. The highest BCUT2D eigenvalue weighted by Gasteiger charge is 2.31. The molecule has 0 saturated carbocycles. The van der Waals surface area contributed by atoms with E-state index >= 15 is 0 Å². The molecule has 1 aliphatic heterocycles. The molecule has 172 valence electrons. The first-order valence-electron chi connectivity index (χ1n) is 11.1. The summed E-state index contributed by atoms with van der Waals surface area (Å²) >= 11 is 0. The number of hydrogen-bond donors (Lipinski definition) is 1. The smallest absolute Gasteiger partial charge is 0.255 e. The molecule has 1 aliphatic rings. The van der Waals surface area contributed by atoms with E-state index in [-0.39, 0.29) is 10.8 Å². The SMILES string of the molecule is C[C@@H]1C[C@@H](C)CN(S(=O)(=O)c2ccc(C(=O)Nc3ccccc3Oc3ccccc3)cc2)C1. The van der Waals surface area contributed by atoms with Crippen LogP contribution in [0.15, 0.2) is 83.8 Å². The highest BCUT2D eigenvalue weighted by molar-refractivity contribution is 7.89. The summed E-state index contributed by atoms with van der Waals surface area (Å²) in [5, 5.41) is 2.86. The molecule has 0 radical (unpaired) electrons. The molecule has 4 rings (SSSR count). The van der Waals surface area contributed by atoms with E-state index in [0.717, 1.165) is 6.42 Å². The van der Waals surface area contributed by atoms with E-state index in [1.54, 1.807) is 28.6 Å². The van der Waals surface area contributed by atoms with Crippen molar-refractivity contribution in [2.45, 2.75) is 25.2 Å². The Labute approximate surface area is 195 Å². The van der Waals surface area contributed by atoms with Crippen LogP contribution in [0.25, 0.3) is 0 Å². The van der Waals surface area contributed by atoms with Crippen molar-refractivity contribution in [1.29, 1.82) is 0 Å². The van der Waals surface area contributed by atoms with Crippen LogP contribution in [0.5, 0.6) is 11.5 Å². The molecule has 0 aromatic heterocycles. The maximum absolute atomic E-state index is 13.1. The van der Waals surface area contributed by atoms with Crippen molar-refractivity contribution < 1.29 is 17.9 Å². The average Bonchev–Trinajstić information content (AvgIpc) is 2.80. The summed E-state index contributed by atoms with van der Waals surface area (Å²) in [5.74, 6) is 1.49. The first kappa shape index (κ1) is 23.0. The summed E-state index contributed by atoms with van der Waals surface area (Å²) in [7, 11) is -3.59. The molecule has 6 nitrogen and oxygen atoms in total. The number of nitrogens with zero attached hydrogens (tertiary/aromatic N) is 1. The Morgan fingerprint density at radius 3 is 2.15 bits per heavy atom. The average molecular weight is 465 g/mol. The molecule has 1 fully saturated rings. The van der Waals surface area contributed by atoms with Crippen LogP contribution in [-0.4, -0.2) is 31.7 Å². The van der Waals surface area contributed by atoms with Crippen LogP contribution in [0.3, 0.4) is 0 Å². The number of benzene rings is 3. The molecular weight excluding hydrogens is 436 g/mol. The van der Waals surface area contributed by atoms with Gasteiger partial charge in [-0.25, -0.2) is 8.42 Å². The van der Waals surface area contributed by atoms with Crippen molar-refractivity contribution >= 4 is 21.6 Å². The topological polar surface area (TPSA) is 75.7 Å². The highest BCUT2D eigenvalue weighted by atomic mass is 32.2. The van der Waals surface area contributed by atoms with Gasteiger partial charge < -0.3 is 10.1 Å². The first-order chi connectivity index (χ1) is 15.8. The molecule has 3 aromatic rings. The summed E-state index contributed by atoms with van der Waals surface area (Å²) in [4.78, 5) is 13.0. The van der Waals surface area contributed by atoms with Crippen LogP contribution in [0.1, 0.15) is 30.6 Å². The molecule has 2 atom stereocenters. The fourth-order valence-corrected chi connectivity index (χ4v) is 5.88. The molecule has 0 bridgehead atoms. The van der Waals surface area contributed by atoms with Crippen molar-refractivity contribution in [3.63, 3.8) is 0 Å².